The van der Waals surface area contributed by atoms with Gasteiger partial charge in [-0.15, -0.1) is 0 Å². The molecule has 2 amide bonds. The summed E-state index contributed by atoms with van der Waals surface area (Å²) in [5, 5.41) is 3.08. The maximum atomic E-state index is 13.1. The molecule has 1 aliphatic carbocycles. The number of carbonyl (C=O) groups excluding carboxylic acids is 2. The number of piperazine rings is 1. The Kier molecular flexibility index (Phi) is 7.43. The van der Waals surface area contributed by atoms with E-state index in [1.165, 1.54) is 18.6 Å². The highest BCUT2D eigenvalue weighted by Crippen LogP contribution is 2.28. The number of nitrogens with zero attached hydrogens (tertiary/aromatic N) is 3. The molecule has 1 aromatic carbocycles. The van der Waals surface area contributed by atoms with Gasteiger partial charge in [0, 0.05) is 57.4 Å². The largest absolute Gasteiger partial charge is 0.369 e. The number of anilines is 1. The van der Waals surface area contributed by atoms with Gasteiger partial charge in [-0.1, -0.05) is 19.3 Å². The Morgan fingerprint density at radius 2 is 1.61 bits per heavy atom. The summed E-state index contributed by atoms with van der Waals surface area (Å²) in [6.07, 6.45) is 7.15. The molecular formula is C24H35FN4O2. The summed E-state index contributed by atoms with van der Waals surface area (Å²) < 4.78 is 13.1. The first kappa shape index (κ1) is 22.1. The number of amides is 2. The Bertz CT molecular complexity index is 742. The fraction of sp³-hybridized carbons (Fsp3) is 0.667. The van der Waals surface area contributed by atoms with E-state index in [2.05, 4.69) is 15.1 Å². The van der Waals surface area contributed by atoms with Crippen LogP contribution in [0.1, 0.15) is 44.9 Å². The summed E-state index contributed by atoms with van der Waals surface area (Å²) in [5.41, 5.74) is 1.05. The van der Waals surface area contributed by atoms with Gasteiger partial charge in [0.05, 0.1) is 0 Å². The van der Waals surface area contributed by atoms with Gasteiger partial charge < -0.3 is 15.1 Å². The number of benzene rings is 1. The SMILES string of the molecule is O=C(NCCN1CCN(c2ccc(F)cc2)CC1)[C@@H]1CCCN1C(=O)C1CCCCC1. The van der Waals surface area contributed by atoms with Crippen LogP contribution < -0.4 is 10.2 Å². The first-order chi connectivity index (χ1) is 15.1. The van der Waals surface area contributed by atoms with E-state index in [4.69, 9.17) is 0 Å². The van der Waals surface area contributed by atoms with Crippen LogP contribution in [-0.2, 0) is 9.59 Å². The van der Waals surface area contributed by atoms with Gasteiger partial charge in [0.2, 0.25) is 11.8 Å². The number of likely N-dealkylation sites (tertiary alicyclic amines) is 1. The maximum Gasteiger partial charge on any atom is 0.242 e. The zero-order valence-corrected chi connectivity index (χ0v) is 18.4. The molecule has 2 heterocycles. The van der Waals surface area contributed by atoms with Gasteiger partial charge in [-0.2, -0.15) is 0 Å². The molecule has 0 aromatic heterocycles. The summed E-state index contributed by atoms with van der Waals surface area (Å²) in [4.78, 5) is 32.2. The van der Waals surface area contributed by atoms with Crippen molar-refractivity contribution in [1.82, 2.24) is 15.1 Å². The van der Waals surface area contributed by atoms with E-state index in [9.17, 15) is 14.0 Å². The molecule has 31 heavy (non-hydrogen) atoms. The van der Waals surface area contributed by atoms with Gasteiger partial charge in [-0.25, -0.2) is 4.39 Å². The van der Waals surface area contributed by atoms with Crippen LogP contribution in [0.2, 0.25) is 0 Å². The fourth-order valence-electron chi connectivity index (χ4n) is 5.22. The molecule has 3 aliphatic rings. The van der Waals surface area contributed by atoms with Gasteiger partial charge >= 0.3 is 0 Å². The molecule has 1 atom stereocenters. The highest BCUT2D eigenvalue weighted by Gasteiger charge is 2.37. The summed E-state index contributed by atoms with van der Waals surface area (Å²) in [5.74, 6) is 0.125. The fourth-order valence-corrected chi connectivity index (χ4v) is 5.22. The minimum atomic E-state index is -0.287. The minimum Gasteiger partial charge on any atom is -0.369 e. The zero-order chi connectivity index (χ0) is 21.6. The lowest BCUT2D eigenvalue weighted by molar-refractivity contribution is -0.142. The average Bonchev–Trinajstić information content (AvgIpc) is 3.30. The van der Waals surface area contributed by atoms with Gasteiger partial charge in [0.1, 0.15) is 11.9 Å². The molecule has 170 valence electrons. The lowest BCUT2D eigenvalue weighted by Gasteiger charge is -2.36. The molecule has 0 spiro atoms. The molecular weight excluding hydrogens is 395 g/mol. The quantitative estimate of drug-likeness (QED) is 0.754. The molecule has 7 heteroatoms. The predicted molar refractivity (Wildman–Crippen MR) is 119 cm³/mol. The Morgan fingerprint density at radius 1 is 0.903 bits per heavy atom. The Balaban J connectivity index is 1.18. The number of halogens is 1. The lowest BCUT2D eigenvalue weighted by atomic mass is 9.88. The van der Waals surface area contributed by atoms with Gasteiger partial charge in [-0.05, 0) is 49.9 Å². The molecule has 0 unspecified atom stereocenters. The summed E-state index contributed by atoms with van der Waals surface area (Å²) >= 11 is 0. The third kappa shape index (κ3) is 5.56. The smallest absolute Gasteiger partial charge is 0.242 e. The van der Waals surface area contributed by atoms with E-state index in [1.54, 1.807) is 0 Å². The highest BCUT2D eigenvalue weighted by molar-refractivity contribution is 5.89. The van der Waals surface area contributed by atoms with Crippen molar-refractivity contribution in [3.05, 3.63) is 30.1 Å². The Labute approximate surface area is 184 Å². The average molecular weight is 431 g/mol. The highest BCUT2D eigenvalue weighted by atomic mass is 19.1. The van der Waals surface area contributed by atoms with Crippen molar-refractivity contribution < 1.29 is 14.0 Å². The molecule has 1 saturated carbocycles. The van der Waals surface area contributed by atoms with Gasteiger partial charge in [0.25, 0.3) is 0 Å². The number of hydrogen-bond donors (Lipinski definition) is 1. The number of rotatable bonds is 6. The molecule has 4 rings (SSSR count). The van der Waals surface area contributed by atoms with Crippen LogP contribution in [0.4, 0.5) is 10.1 Å². The lowest BCUT2D eigenvalue weighted by Crippen LogP contribution is -2.51. The first-order valence-electron chi connectivity index (χ1n) is 11.9. The molecule has 0 radical (unpaired) electrons. The topological polar surface area (TPSA) is 55.9 Å². The number of hydrogen-bond acceptors (Lipinski definition) is 4. The molecule has 2 aliphatic heterocycles. The van der Waals surface area contributed by atoms with Crippen molar-refractivity contribution >= 4 is 17.5 Å². The van der Waals surface area contributed by atoms with Crippen LogP contribution in [0.15, 0.2) is 24.3 Å². The Hall–Kier alpha value is -2.15. The van der Waals surface area contributed by atoms with Crippen molar-refractivity contribution in [2.75, 3.05) is 50.7 Å². The van der Waals surface area contributed by atoms with Crippen LogP contribution in [0.5, 0.6) is 0 Å². The molecule has 3 fully saturated rings. The summed E-state index contributed by atoms with van der Waals surface area (Å²) in [6.45, 7) is 5.77. The third-order valence-electron chi connectivity index (χ3n) is 7.08. The monoisotopic (exact) mass is 430 g/mol. The summed E-state index contributed by atoms with van der Waals surface area (Å²) in [6, 6.07) is 6.37. The van der Waals surface area contributed by atoms with Crippen LogP contribution >= 0.6 is 0 Å². The standard InChI is InChI=1S/C24H35FN4O2/c25-20-8-10-21(11-9-20)28-17-15-27(16-18-28)14-12-26-23(30)22-7-4-13-29(22)24(31)19-5-2-1-3-6-19/h8-11,19,22H,1-7,12-18H2,(H,26,30)/t22-/m0/s1. The maximum absolute atomic E-state index is 13.1. The van der Waals surface area contributed by atoms with Crippen molar-refractivity contribution in [2.24, 2.45) is 5.92 Å². The second kappa shape index (κ2) is 10.4. The van der Waals surface area contributed by atoms with Crippen LogP contribution in [-0.4, -0.2) is 73.5 Å². The molecule has 1 N–H and O–H groups in total. The van der Waals surface area contributed by atoms with E-state index in [0.717, 1.165) is 83.5 Å². The minimum absolute atomic E-state index is 0.00612. The van der Waals surface area contributed by atoms with Crippen LogP contribution in [0.3, 0.4) is 0 Å². The van der Waals surface area contributed by atoms with E-state index in [0.29, 0.717) is 6.54 Å². The van der Waals surface area contributed by atoms with Crippen molar-refractivity contribution in [2.45, 2.75) is 51.0 Å². The van der Waals surface area contributed by atoms with Gasteiger partial charge in [-0.3, -0.25) is 14.5 Å². The van der Waals surface area contributed by atoms with Crippen LogP contribution in [0.25, 0.3) is 0 Å². The molecule has 2 saturated heterocycles. The van der Waals surface area contributed by atoms with Crippen LogP contribution in [0, 0.1) is 11.7 Å². The molecule has 6 nitrogen and oxygen atoms in total. The van der Waals surface area contributed by atoms with Crippen molar-refractivity contribution in [1.29, 1.82) is 0 Å². The van der Waals surface area contributed by atoms with E-state index in [-0.39, 0.29) is 29.6 Å². The first-order valence-corrected chi connectivity index (χ1v) is 11.9. The second-order valence-electron chi connectivity index (χ2n) is 9.12. The number of nitrogens with one attached hydrogen (secondary N) is 1. The summed E-state index contributed by atoms with van der Waals surface area (Å²) in [7, 11) is 0. The Morgan fingerprint density at radius 3 is 2.32 bits per heavy atom. The normalized spacial score (nSPS) is 23.2. The van der Waals surface area contributed by atoms with Gasteiger partial charge in [0.15, 0.2) is 0 Å². The van der Waals surface area contributed by atoms with Crippen molar-refractivity contribution in [3.63, 3.8) is 0 Å². The second-order valence-corrected chi connectivity index (χ2v) is 9.12. The van der Waals surface area contributed by atoms with E-state index >= 15 is 0 Å². The zero-order valence-electron chi connectivity index (χ0n) is 18.4. The van der Waals surface area contributed by atoms with Crippen molar-refractivity contribution in [3.8, 4) is 0 Å². The number of carbonyl (C=O) groups is 2. The molecule has 0 bridgehead atoms. The predicted octanol–water partition coefficient (Wildman–Crippen LogP) is 2.64. The molecule has 1 aromatic rings. The van der Waals surface area contributed by atoms with E-state index < -0.39 is 0 Å². The third-order valence-corrected chi connectivity index (χ3v) is 7.08. The van der Waals surface area contributed by atoms with E-state index in [1.807, 2.05) is 17.0 Å².